The highest BCUT2D eigenvalue weighted by molar-refractivity contribution is 5.95. The number of amides is 2. The first-order valence-electron chi connectivity index (χ1n) is 7.94. The normalized spacial score (nSPS) is 16.7. The summed E-state index contributed by atoms with van der Waals surface area (Å²) in [4.78, 5) is 24.3. The summed E-state index contributed by atoms with van der Waals surface area (Å²) >= 11 is 0. The summed E-state index contributed by atoms with van der Waals surface area (Å²) in [5.74, 6) is -0.777. The molecule has 27 heavy (non-hydrogen) atoms. The van der Waals surface area contributed by atoms with E-state index in [0.29, 0.717) is 11.3 Å². The SMILES string of the molecule is COCCOC(=O)C1=C(C)NC(=O)N[C@H]1c1ccc(OC(F)F)c(OC)c1. The highest BCUT2D eigenvalue weighted by Gasteiger charge is 2.32. The molecule has 0 saturated heterocycles. The average Bonchev–Trinajstić information content (AvgIpc) is 2.61. The molecule has 1 aliphatic rings. The molecule has 2 rings (SSSR count). The Hall–Kier alpha value is -2.88. The van der Waals surface area contributed by atoms with Crippen molar-refractivity contribution in [3.8, 4) is 11.5 Å². The molecule has 0 radical (unpaired) electrons. The van der Waals surface area contributed by atoms with E-state index < -0.39 is 24.7 Å². The Balaban J connectivity index is 2.36. The first-order valence-corrected chi connectivity index (χ1v) is 7.94. The second-order valence-corrected chi connectivity index (χ2v) is 5.49. The number of alkyl halides is 2. The van der Waals surface area contributed by atoms with Crippen molar-refractivity contribution in [2.45, 2.75) is 19.6 Å². The Morgan fingerprint density at radius 3 is 2.59 bits per heavy atom. The molecule has 0 aliphatic carbocycles. The van der Waals surface area contributed by atoms with Crippen molar-refractivity contribution in [1.82, 2.24) is 10.6 Å². The maximum absolute atomic E-state index is 12.5. The van der Waals surface area contributed by atoms with E-state index in [1.54, 1.807) is 6.92 Å². The molecule has 0 saturated carbocycles. The van der Waals surface area contributed by atoms with Crippen LogP contribution < -0.4 is 20.1 Å². The van der Waals surface area contributed by atoms with E-state index in [1.807, 2.05) is 0 Å². The van der Waals surface area contributed by atoms with Crippen molar-refractivity contribution in [1.29, 1.82) is 0 Å². The van der Waals surface area contributed by atoms with E-state index in [2.05, 4.69) is 15.4 Å². The third kappa shape index (κ3) is 5.07. The number of halogens is 2. The summed E-state index contributed by atoms with van der Waals surface area (Å²) in [5, 5.41) is 5.12. The number of urea groups is 1. The van der Waals surface area contributed by atoms with Gasteiger partial charge in [0.15, 0.2) is 11.5 Å². The molecule has 0 spiro atoms. The zero-order valence-electron chi connectivity index (χ0n) is 15.0. The lowest BCUT2D eigenvalue weighted by atomic mass is 9.95. The van der Waals surface area contributed by atoms with Crippen LogP contribution in [0.15, 0.2) is 29.5 Å². The first-order chi connectivity index (χ1) is 12.9. The van der Waals surface area contributed by atoms with Crippen LogP contribution in [0.1, 0.15) is 18.5 Å². The lowest BCUT2D eigenvalue weighted by molar-refractivity contribution is -0.140. The molecule has 0 bridgehead atoms. The van der Waals surface area contributed by atoms with E-state index in [4.69, 9.17) is 14.2 Å². The minimum absolute atomic E-state index is 0.0327. The Morgan fingerprint density at radius 1 is 1.22 bits per heavy atom. The van der Waals surface area contributed by atoms with Gasteiger partial charge in [-0.1, -0.05) is 6.07 Å². The molecule has 1 aliphatic heterocycles. The van der Waals surface area contributed by atoms with Gasteiger partial charge in [-0.15, -0.1) is 0 Å². The topological polar surface area (TPSA) is 95.1 Å². The van der Waals surface area contributed by atoms with Gasteiger partial charge in [-0.05, 0) is 24.6 Å². The van der Waals surface area contributed by atoms with E-state index in [9.17, 15) is 18.4 Å². The standard InChI is InChI=1S/C17H20F2N2O6/c1-9-13(15(22)26-7-6-24-2)14(21-17(23)20-9)10-4-5-11(27-16(18)19)12(8-10)25-3/h4-5,8,14,16H,6-7H2,1-3H3,(H2,20,21,23)/t14-/m0/s1. The van der Waals surface area contributed by atoms with Crippen molar-refractivity contribution >= 4 is 12.0 Å². The van der Waals surface area contributed by atoms with Gasteiger partial charge in [0.25, 0.3) is 0 Å². The molecule has 1 heterocycles. The van der Waals surface area contributed by atoms with Gasteiger partial charge < -0.3 is 29.6 Å². The van der Waals surface area contributed by atoms with Crippen molar-refractivity contribution in [3.63, 3.8) is 0 Å². The van der Waals surface area contributed by atoms with Gasteiger partial charge in [0.2, 0.25) is 0 Å². The van der Waals surface area contributed by atoms with Crippen LogP contribution in [0.5, 0.6) is 11.5 Å². The molecular weight excluding hydrogens is 366 g/mol. The second kappa shape index (κ2) is 9.17. The molecule has 1 aromatic carbocycles. The number of hydrogen-bond acceptors (Lipinski definition) is 6. The molecule has 1 aromatic rings. The maximum atomic E-state index is 12.5. The predicted octanol–water partition coefficient (Wildman–Crippen LogP) is 2.11. The number of ether oxygens (including phenoxy) is 4. The molecule has 8 nitrogen and oxygen atoms in total. The van der Waals surface area contributed by atoms with Gasteiger partial charge in [0.1, 0.15) is 6.61 Å². The molecular formula is C17H20F2N2O6. The van der Waals surface area contributed by atoms with Crippen molar-refractivity contribution in [3.05, 3.63) is 35.0 Å². The van der Waals surface area contributed by atoms with Gasteiger partial charge in [-0.3, -0.25) is 0 Å². The number of carbonyl (C=O) groups excluding carboxylic acids is 2. The van der Waals surface area contributed by atoms with Crippen LogP contribution in [0.4, 0.5) is 13.6 Å². The number of methoxy groups -OCH3 is 2. The molecule has 0 aromatic heterocycles. The fourth-order valence-corrected chi connectivity index (χ4v) is 2.57. The number of rotatable bonds is 8. The number of hydrogen-bond donors (Lipinski definition) is 2. The van der Waals surface area contributed by atoms with E-state index in [-0.39, 0.29) is 30.3 Å². The Bertz CT molecular complexity index is 738. The number of esters is 1. The first kappa shape index (κ1) is 20.4. The molecule has 148 valence electrons. The van der Waals surface area contributed by atoms with E-state index >= 15 is 0 Å². The molecule has 0 unspecified atom stereocenters. The van der Waals surface area contributed by atoms with Crippen LogP contribution in [0, 0.1) is 0 Å². The van der Waals surface area contributed by atoms with E-state index in [1.165, 1.54) is 32.4 Å². The van der Waals surface area contributed by atoms with Gasteiger partial charge in [-0.2, -0.15) is 8.78 Å². The highest BCUT2D eigenvalue weighted by atomic mass is 19.3. The molecule has 1 atom stereocenters. The van der Waals surface area contributed by atoms with Crippen molar-refractivity contribution in [2.75, 3.05) is 27.4 Å². The van der Waals surface area contributed by atoms with Crippen LogP contribution in [0.25, 0.3) is 0 Å². The minimum atomic E-state index is -3.02. The number of allylic oxidation sites excluding steroid dienone is 1. The quantitative estimate of drug-likeness (QED) is 0.525. The van der Waals surface area contributed by atoms with Crippen LogP contribution in [-0.4, -0.2) is 46.0 Å². The van der Waals surface area contributed by atoms with Crippen LogP contribution >= 0.6 is 0 Å². The van der Waals surface area contributed by atoms with Crippen molar-refractivity contribution in [2.24, 2.45) is 0 Å². The Labute approximate surface area is 154 Å². The van der Waals surface area contributed by atoms with Gasteiger partial charge in [0, 0.05) is 12.8 Å². The Kier molecular flexibility index (Phi) is 6.94. The lowest BCUT2D eigenvalue weighted by Crippen LogP contribution is -2.45. The summed E-state index contributed by atoms with van der Waals surface area (Å²) in [5.41, 5.74) is 0.926. The number of benzene rings is 1. The zero-order valence-corrected chi connectivity index (χ0v) is 15.0. The molecule has 10 heteroatoms. The summed E-state index contributed by atoms with van der Waals surface area (Å²) in [7, 11) is 2.76. The Morgan fingerprint density at radius 2 is 1.96 bits per heavy atom. The van der Waals surface area contributed by atoms with Gasteiger partial charge in [0.05, 0.1) is 25.3 Å². The largest absolute Gasteiger partial charge is 0.493 e. The molecule has 2 amide bonds. The van der Waals surface area contributed by atoms with Gasteiger partial charge >= 0.3 is 18.6 Å². The summed E-state index contributed by atoms with van der Waals surface area (Å²) < 4.78 is 44.4. The third-order valence-electron chi connectivity index (χ3n) is 3.75. The smallest absolute Gasteiger partial charge is 0.387 e. The number of carbonyl (C=O) groups is 2. The summed E-state index contributed by atoms with van der Waals surface area (Å²) in [6, 6.07) is 2.76. The predicted molar refractivity (Wildman–Crippen MR) is 89.6 cm³/mol. The highest BCUT2D eigenvalue weighted by Crippen LogP contribution is 2.35. The average molecular weight is 386 g/mol. The second-order valence-electron chi connectivity index (χ2n) is 5.49. The maximum Gasteiger partial charge on any atom is 0.387 e. The van der Waals surface area contributed by atoms with E-state index in [0.717, 1.165) is 0 Å². The fraction of sp³-hybridized carbons (Fsp3) is 0.412. The fourth-order valence-electron chi connectivity index (χ4n) is 2.57. The molecule has 2 N–H and O–H groups in total. The zero-order chi connectivity index (χ0) is 20.0. The van der Waals surface area contributed by atoms with Gasteiger partial charge in [-0.25, -0.2) is 9.59 Å². The monoisotopic (exact) mass is 386 g/mol. The lowest BCUT2D eigenvalue weighted by Gasteiger charge is -2.28. The summed E-state index contributed by atoms with van der Waals surface area (Å²) in [6.45, 7) is -1.20. The minimum Gasteiger partial charge on any atom is -0.493 e. The van der Waals surface area contributed by atoms with Crippen LogP contribution in [0.3, 0.4) is 0 Å². The van der Waals surface area contributed by atoms with Crippen LogP contribution in [-0.2, 0) is 14.3 Å². The third-order valence-corrected chi connectivity index (χ3v) is 3.75. The van der Waals surface area contributed by atoms with Crippen molar-refractivity contribution < 1.29 is 37.3 Å². The summed E-state index contributed by atoms with van der Waals surface area (Å²) in [6.07, 6.45) is 0. The molecule has 0 fully saturated rings. The number of nitrogens with one attached hydrogen (secondary N) is 2. The van der Waals surface area contributed by atoms with Crippen LogP contribution in [0.2, 0.25) is 0 Å².